The summed E-state index contributed by atoms with van der Waals surface area (Å²) in [5.41, 5.74) is 0. The molecule has 0 bridgehead atoms. The maximum Gasteiger partial charge on any atom is 0.248 e. The van der Waals surface area contributed by atoms with Gasteiger partial charge in [0.1, 0.15) is 5.03 Å². The molecule has 0 aliphatic carbocycles. The highest BCUT2D eigenvalue weighted by Crippen LogP contribution is 2.28. The molecule has 0 saturated carbocycles. The van der Waals surface area contributed by atoms with Crippen molar-refractivity contribution in [2.75, 3.05) is 24.7 Å². The quantitative estimate of drug-likeness (QED) is 0.471. The summed E-state index contributed by atoms with van der Waals surface area (Å²) in [7, 11) is 6.49. The normalized spacial score (nSPS) is 9.48. The third-order valence-corrected chi connectivity index (χ3v) is 6.50. The molecule has 128 valence electrons. The van der Waals surface area contributed by atoms with E-state index in [1.165, 1.54) is 0 Å². The van der Waals surface area contributed by atoms with E-state index in [1.807, 2.05) is 42.6 Å². The molecule has 0 aromatic carbocycles. The van der Waals surface area contributed by atoms with Gasteiger partial charge in [0.2, 0.25) is 5.03 Å². The lowest BCUT2D eigenvalue weighted by Gasteiger charge is -1.95. The summed E-state index contributed by atoms with van der Waals surface area (Å²) in [6, 6.07) is 11.7. The zero-order valence-electron chi connectivity index (χ0n) is 12.3. The number of aromatic amines is 1. The maximum absolute atomic E-state index is 8.50. The fourth-order valence-corrected chi connectivity index (χ4v) is 4.46. The summed E-state index contributed by atoms with van der Waals surface area (Å²) >= 11 is 0. The average molecular weight is 411 g/mol. The highest BCUT2D eigenvalue weighted by atomic mass is 35.5. The second-order valence-electron chi connectivity index (χ2n) is 3.65. The molecule has 2 aromatic rings. The highest BCUT2D eigenvalue weighted by Gasteiger charge is 1.98. The van der Waals surface area contributed by atoms with Crippen molar-refractivity contribution < 1.29 is 27.6 Å². The first kappa shape index (κ1) is 22.9. The van der Waals surface area contributed by atoms with Gasteiger partial charge in [-0.15, -0.1) is 0 Å². The van der Waals surface area contributed by atoms with Crippen LogP contribution in [0.1, 0.15) is 0 Å². The van der Waals surface area contributed by atoms with Gasteiger partial charge in [-0.2, -0.15) is 0 Å². The fourth-order valence-electron chi connectivity index (χ4n) is 1.11. The van der Waals surface area contributed by atoms with E-state index in [-0.39, 0.29) is 25.6 Å². The summed E-state index contributed by atoms with van der Waals surface area (Å²) in [6.45, 7) is 0.467. The van der Waals surface area contributed by atoms with Crippen LogP contribution in [0.4, 0.5) is 0 Å². The molecule has 2 aromatic heterocycles. The van der Waals surface area contributed by atoms with Crippen LogP contribution in [0.25, 0.3) is 0 Å². The largest absolute Gasteiger partial charge is 1.00 e. The van der Waals surface area contributed by atoms with Crippen LogP contribution in [0.5, 0.6) is 0 Å². The first-order valence-corrected chi connectivity index (χ1v) is 11.2. The molecule has 9 heteroatoms. The standard InChI is InChI=1S/2C7H9NOS2.ClH/c2*9-5-6-10-11-7-3-1-2-4-8-7;/h2*1-4,9H,5-6H2;1H. The van der Waals surface area contributed by atoms with E-state index in [1.54, 1.807) is 49.4 Å². The molecular formula is C14H19ClN2O2S4. The van der Waals surface area contributed by atoms with Gasteiger partial charge in [0.15, 0.2) is 6.20 Å². The molecule has 0 aliphatic heterocycles. The molecule has 0 unspecified atom stereocenters. The van der Waals surface area contributed by atoms with Gasteiger partial charge in [-0.1, -0.05) is 27.7 Å². The maximum atomic E-state index is 8.50. The lowest BCUT2D eigenvalue weighted by atomic mass is 10.5. The minimum Gasteiger partial charge on any atom is -1.00 e. The third kappa shape index (κ3) is 12.9. The van der Waals surface area contributed by atoms with Crippen molar-refractivity contribution in [2.24, 2.45) is 0 Å². The molecule has 0 fully saturated rings. The van der Waals surface area contributed by atoms with Crippen LogP contribution in [-0.4, -0.2) is 39.9 Å². The SMILES string of the molecule is OCCSSc1cccc[nH+]1.OCCSSc1ccccn1.[Cl-]. The molecule has 0 atom stereocenters. The number of aliphatic hydroxyl groups excluding tert-OH is 2. The second kappa shape index (κ2) is 16.8. The average Bonchev–Trinajstić information content (AvgIpc) is 2.58. The smallest absolute Gasteiger partial charge is 0.248 e. The van der Waals surface area contributed by atoms with Gasteiger partial charge in [0, 0.05) is 40.6 Å². The van der Waals surface area contributed by atoms with Crippen molar-refractivity contribution in [3.63, 3.8) is 0 Å². The molecule has 23 heavy (non-hydrogen) atoms. The van der Waals surface area contributed by atoms with Crippen LogP contribution in [0.15, 0.2) is 58.8 Å². The number of halogens is 1. The van der Waals surface area contributed by atoms with E-state index in [4.69, 9.17) is 10.2 Å². The third-order valence-electron chi connectivity index (χ3n) is 1.96. The Morgan fingerprint density at radius 2 is 1.61 bits per heavy atom. The van der Waals surface area contributed by atoms with Gasteiger partial charge in [-0.25, -0.2) is 9.97 Å². The number of aliphatic hydroxyl groups is 2. The van der Waals surface area contributed by atoms with Crippen LogP contribution in [0.3, 0.4) is 0 Å². The summed E-state index contributed by atoms with van der Waals surface area (Å²) in [6.07, 6.45) is 3.66. The highest BCUT2D eigenvalue weighted by molar-refractivity contribution is 8.77. The molecule has 0 spiro atoms. The van der Waals surface area contributed by atoms with Crippen LogP contribution < -0.4 is 17.4 Å². The molecular weight excluding hydrogens is 392 g/mol. The Bertz CT molecular complexity index is 437. The molecule has 2 rings (SSSR count). The van der Waals surface area contributed by atoms with E-state index in [9.17, 15) is 0 Å². The second-order valence-corrected chi connectivity index (χ2v) is 8.55. The van der Waals surface area contributed by atoms with Crippen molar-refractivity contribution in [1.82, 2.24) is 4.98 Å². The number of rotatable bonds is 8. The monoisotopic (exact) mass is 410 g/mol. The molecule has 3 N–H and O–H groups in total. The zero-order chi connectivity index (χ0) is 15.9. The van der Waals surface area contributed by atoms with Crippen molar-refractivity contribution in [1.29, 1.82) is 0 Å². The first-order valence-electron chi connectivity index (χ1n) is 6.55. The van der Waals surface area contributed by atoms with Gasteiger partial charge in [0.25, 0.3) is 0 Å². The lowest BCUT2D eigenvalue weighted by Crippen LogP contribution is -3.00. The summed E-state index contributed by atoms with van der Waals surface area (Å²) in [5, 5.41) is 19.1. The number of H-pyrrole nitrogens is 1. The van der Waals surface area contributed by atoms with Gasteiger partial charge in [-0.3, -0.25) is 0 Å². The van der Waals surface area contributed by atoms with Crippen LogP contribution >= 0.6 is 43.2 Å². The number of hydrogen-bond acceptors (Lipinski definition) is 7. The van der Waals surface area contributed by atoms with Crippen molar-refractivity contribution in [3.8, 4) is 0 Å². The Labute approximate surface area is 158 Å². The number of pyridine rings is 2. The first-order chi connectivity index (χ1) is 10.9. The van der Waals surface area contributed by atoms with Crippen LogP contribution in [0, 0.1) is 0 Å². The Kier molecular flexibility index (Phi) is 16.7. The lowest BCUT2D eigenvalue weighted by molar-refractivity contribution is -0.426. The summed E-state index contributed by atoms with van der Waals surface area (Å²) in [4.78, 5) is 7.20. The predicted molar refractivity (Wildman–Crippen MR) is 98.0 cm³/mol. The van der Waals surface area contributed by atoms with E-state index >= 15 is 0 Å². The molecule has 0 saturated heterocycles. The van der Waals surface area contributed by atoms with Crippen molar-refractivity contribution in [3.05, 3.63) is 48.8 Å². The van der Waals surface area contributed by atoms with E-state index in [0.29, 0.717) is 0 Å². The number of aromatic nitrogens is 2. The Balaban J connectivity index is 0.000000403. The van der Waals surface area contributed by atoms with E-state index in [2.05, 4.69) is 9.97 Å². The molecule has 4 nitrogen and oxygen atoms in total. The number of nitrogens with one attached hydrogen (secondary N) is 1. The Morgan fingerprint density at radius 1 is 0.913 bits per heavy atom. The molecule has 0 radical (unpaired) electrons. The van der Waals surface area contributed by atoms with Crippen LogP contribution in [0.2, 0.25) is 0 Å². The van der Waals surface area contributed by atoms with Gasteiger partial charge in [-0.05, 0) is 29.0 Å². The predicted octanol–water partition coefficient (Wildman–Crippen LogP) is 0.0515. The fraction of sp³-hybridized carbons (Fsp3) is 0.286. The van der Waals surface area contributed by atoms with E-state index in [0.717, 1.165) is 21.6 Å². The Hall–Kier alpha value is -0.0900. The number of hydrogen-bond donors (Lipinski definition) is 2. The Morgan fingerprint density at radius 3 is 2.17 bits per heavy atom. The molecule has 0 aliphatic rings. The van der Waals surface area contributed by atoms with Crippen molar-refractivity contribution >= 4 is 43.2 Å². The number of nitrogens with zero attached hydrogens (tertiary/aromatic N) is 1. The summed E-state index contributed by atoms with van der Waals surface area (Å²) in [5.74, 6) is 1.52. The van der Waals surface area contributed by atoms with Crippen molar-refractivity contribution in [2.45, 2.75) is 10.1 Å². The molecule has 0 amide bonds. The topological polar surface area (TPSA) is 67.5 Å². The molecule has 2 heterocycles. The zero-order valence-corrected chi connectivity index (χ0v) is 16.3. The van der Waals surface area contributed by atoms with E-state index < -0.39 is 0 Å². The van der Waals surface area contributed by atoms with Gasteiger partial charge < -0.3 is 22.6 Å². The van der Waals surface area contributed by atoms with Gasteiger partial charge >= 0.3 is 0 Å². The van der Waals surface area contributed by atoms with Crippen LogP contribution in [-0.2, 0) is 0 Å². The van der Waals surface area contributed by atoms with Gasteiger partial charge in [0.05, 0.1) is 13.2 Å². The summed E-state index contributed by atoms with van der Waals surface area (Å²) < 4.78 is 0. The minimum absolute atomic E-state index is 0. The minimum atomic E-state index is 0.